The maximum Gasteiger partial charge on any atom is 0.124 e. The summed E-state index contributed by atoms with van der Waals surface area (Å²) in [6.07, 6.45) is 4.42. The molecular weight excluding hydrogens is 240 g/mol. The maximum absolute atomic E-state index is 8.93. The average molecular weight is 260 g/mol. The van der Waals surface area contributed by atoms with Crippen LogP contribution in [-0.4, -0.2) is 19.3 Å². The molecule has 102 valence electrons. The van der Waals surface area contributed by atoms with Gasteiger partial charge in [-0.25, -0.2) is 0 Å². The van der Waals surface area contributed by atoms with Crippen molar-refractivity contribution in [1.29, 1.82) is 5.26 Å². The lowest BCUT2D eigenvalue weighted by molar-refractivity contribution is 0.0115. The quantitative estimate of drug-likeness (QED) is 0.902. The Bertz CT molecular complexity index is 468. The van der Waals surface area contributed by atoms with Gasteiger partial charge in [0.25, 0.3) is 0 Å². The molecule has 0 amide bonds. The van der Waals surface area contributed by atoms with Crippen molar-refractivity contribution in [2.45, 2.75) is 44.4 Å². The lowest BCUT2D eigenvalue weighted by Gasteiger charge is -2.26. The summed E-state index contributed by atoms with van der Waals surface area (Å²) in [6.45, 7) is 0.468. The second-order valence-electron chi connectivity index (χ2n) is 5.00. The number of ether oxygens (including phenoxy) is 2. The number of rotatable bonds is 4. The molecular formula is C15H20N2O2. The Kier molecular flexibility index (Phi) is 4.78. The number of hydrogen-bond donors (Lipinski definition) is 1. The average Bonchev–Trinajstić information content (AvgIpc) is 2.45. The normalized spacial score (nSPS) is 22.8. The van der Waals surface area contributed by atoms with E-state index in [-0.39, 0.29) is 12.1 Å². The van der Waals surface area contributed by atoms with E-state index in [0.717, 1.165) is 37.0 Å². The van der Waals surface area contributed by atoms with Crippen LogP contribution in [-0.2, 0) is 11.3 Å². The Morgan fingerprint density at radius 2 is 2.26 bits per heavy atom. The van der Waals surface area contributed by atoms with Gasteiger partial charge in [0.2, 0.25) is 0 Å². The summed E-state index contributed by atoms with van der Waals surface area (Å²) < 4.78 is 11.2. The highest BCUT2D eigenvalue weighted by atomic mass is 16.5. The molecule has 0 bridgehead atoms. The number of nitrogens with zero attached hydrogens (tertiary/aromatic N) is 1. The highest BCUT2D eigenvalue weighted by Gasteiger charge is 2.20. The minimum absolute atomic E-state index is 0.221. The Labute approximate surface area is 114 Å². The summed E-state index contributed by atoms with van der Waals surface area (Å²) in [4.78, 5) is 0. The Balaban J connectivity index is 2.00. The molecule has 2 atom stereocenters. The third-order valence-corrected chi connectivity index (χ3v) is 3.55. The largest absolute Gasteiger partial charge is 0.496 e. The molecule has 1 fully saturated rings. The van der Waals surface area contributed by atoms with E-state index in [0.29, 0.717) is 12.2 Å². The van der Waals surface area contributed by atoms with Crippen molar-refractivity contribution in [2.75, 3.05) is 7.11 Å². The fraction of sp³-hybridized carbons (Fsp3) is 0.533. The fourth-order valence-corrected chi connectivity index (χ4v) is 2.50. The molecule has 1 saturated carbocycles. The van der Waals surface area contributed by atoms with Crippen LogP contribution in [0.5, 0.6) is 5.75 Å². The van der Waals surface area contributed by atoms with Crippen molar-refractivity contribution in [3.63, 3.8) is 0 Å². The van der Waals surface area contributed by atoms with Crippen LogP contribution >= 0.6 is 0 Å². The molecule has 4 heteroatoms. The van der Waals surface area contributed by atoms with Crippen LogP contribution in [0.1, 0.15) is 36.8 Å². The van der Waals surface area contributed by atoms with Crippen molar-refractivity contribution >= 4 is 0 Å². The molecule has 0 radical (unpaired) electrons. The highest BCUT2D eigenvalue weighted by molar-refractivity contribution is 5.41. The minimum atomic E-state index is 0.221. The van der Waals surface area contributed by atoms with Crippen LogP contribution < -0.4 is 10.5 Å². The predicted molar refractivity (Wildman–Crippen MR) is 72.7 cm³/mol. The number of benzene rings is 1. The summed E-state index contributed by atoms with van der Waals surface area (Å²) >= 11 is 0. The highest BCUT2D eigenvalue weighted by Crippen LogP contribution is 2.24. The molecule has 0 saturated heterocycles. The van der Waals surface area contributed by atoms with Gasteiger partial charge in [-0.2, -0.15) is 5.26 Å². The van der Waals surface area contributed by atoms with Gasteiger partial charge in [-0.3, -0.25) is 0 Å². The third-order valence-electron chi connectivity index (χ3n) is 3.55. The lowest BCUT2D eigenvalue weighted by atomic mass is 9.93. The van der Waals surface area contributed by atoms with Gasteiger partial charge in [-0.15, -0.1) is 0 Å². The Hall–Kier alpha value is -1.57. The molecule has 2 unspecified atom stereocenters. The number of nitriles is 1. The van der Waals surface area contributed by atoms with E-state index < -0.39 is 0 Å². The van der Waals surface area contributed by atoms with Gasteiger partial charge in [0.15, 0.2) is 0 Å². The van der Waals surface area contributed by atoms with Gasteiger partial charge in [0, 0.05) is 11.6 Å². The predicted octanol–water partition coefficient (Wildman–Crippen LogP) is 2.35. The molecule has 2 rings (SSSR count). The van der Waals surface area contributed by atoms with E-state index in [1.165, 1.54) is 0 Å². The second kappa shape index (κ2) is 6.55. The number of methoxy groups -OCH3 is 1. The minimum Gasteiger partial charge on any atom is -0.496 e. The summed E-state index contributed by atoms with van der Waals surface area (Å²) in [6, 6.07) is 7.77. The van der Waals surface area contributed by atoms with Gasteiger partial charge in [-0.05, 0) is 43.9 Å². The molecule has 1 aromatic carbocycles. The van der Waals surface area contributed by atoms with Crippen LogP contribution in [0.15, 0.2) is 18.2 Å². The van der Waals surface area contributed by atoms with Crippen LogP contribution in [0.2, 0.25) is 0 Å². The molecule has 0 aliphatic heterocycles. The van der Waals surface area contributed by atoms with Crippen LogP contribution in [0, 0.1) is 11.3 Å². The third kappa shape index (κ3) is 3.69. The van der Waals surface area contributed by atoms with Crippen LogP contribution in [0.25, 0.3) is 0 Å². The van der Waals surface area contributed by atoms with E-state index in [9.17, 15) is 0 Å². The maximum atomic E-state index is 8.93. The zero-order valence-corrected chi connectivity index (χ0v) is 11.3. The smallest absolute Gasteiger partial charge is 0.124 e. The first kappa shape index (κ1) is 13.9. The number of nitrogens with two attached hydrogens (primary N) is 1. The van der Waals surface area contributed by atoms with Crippen molar-refractivity contribution in [2.24, 2.45) is 5.73 Å². The topological polar surface area (TPSA) is 68.3 Å². The summed E-state index contributed by atoms with van der Waals surface area (Å²) in [7, 11) is 1.63. The summed E-state index contributed by atoms with van der Waals surface area (Å²) in [5.41, 5.74) is 7.49. The fourth-order valence-electron chi connectivity index (χ4n) is 2.50. The zero-order chi connectivity index (χ0) is 13.7. The van der Waals surface area contributed by atoms with Gasteiger partial charge < -0.3 is 15.2 Å². The van der Waals surface area contributed by atoms with Crippen molar-refractivity contribution in [3.05, 3.63) is 29.3 Å². The van der Waals surface area contributed by atoms with Gasteiger partial charge in [-0.1, -0.05) is 0 Å². The molecule has 4 nitrogen and oxygen atoms in total. The SMILES string of the molecule is COc1ccc(C#N)cc1COC1CCCC(N)C1. The first-order valence-corrected chi connectivity index (χ1v) is 6.67. The van der Waals surface area contributed by atoms with Crippen LogP contribution in [0.3, 0.4) is 0 Å². The summed E-state index contributed by atoms with van der Waals surface area (Å²) in [5, 5.41) is 8.93. The van der Waals surface area contributed by atoms with E-state index in [1.54, 1.807) is 13.2 Å². The van der Waals surface area contributed by atoms with Gasteiger partial charge >= 0.3 is 0 Å². The van der Waals surface area contributed by atoms with E-state index in [1.807, 2.05) is 12.1 Å². The van der Waals surface area contributed by atoms with E-state index in [4.69, 9.17) is 20.5 Å². The van der Waals surface area contributed by atoms with E-state index in [2.05, 4.69) is 6.07 Å². The first-order valence-electron chi connectivity index (χ1n) is 6.67. The molecule has 1 aromatic rings. The standard InChI is InChI=1S/C15H20N2O2/c1-18-15-6-5-11(9-16)7-12(15)10-19-14-4-2-3-13(17)8-14/h5-7,13-14H,2-4,8,10,17H2,1H3. The van der Waals surface area contributed by atoms with Crippen LogP contribution in [0.4, 0.5) is 0 Å². The van der Waals surface area contributed by atoms with Crippen molar-refractivity contribution in [3.8, 4) is 11.8 Å². The van der Waals surface area contributed by atoms with Crippen molar-refractivity contribution in [1.82, 2.24) is 0 Å². The van der Waals surface area contributed by atoms with E-state index >= 15 is 0 Å². The monoisotopic (exact) mass is 260 g/mol. The molecule has 0 aromatic heterocycles. The second-order valence-corrected chi connectivity index (χ2v) is 5.00. The summed E-state index contributed by atoms with van der Waals surface area (Å²) in [5.74, 6) is 0.763. The molecule has 0 heterocycles. The molecule has 19 heavy (non-hydrogen) atoms. The lowest BCUT2D eigenvalue weighted by Crippen LogP contribution is -2.32. The molecule has 2 N–H and O–H groups in total. The first-order chi connectivity index (χ1) is 9.22. The molecule has 0 spiro atoms. The number of hydrogen-bond acceptors (Lipinski definition) is 4. The Morgan fingerprint density at radius 1 is 1.42 bits per heavy atom. The molecule has 1 aliphatic carbocycles. The molecule has 1 aliphatic rings. The van der Waals surface area contributed by atoms with Gasteiger partial charge in [0.1, 0.15) is 5.75 Å². The Morgan fingerprint density at radius 3 is 2.95 bits per heavy atom. The zero-order valence-electron chi connectivity index (χ0n) is 11.3. The van der Waals surface area contributed by atoms with Gasteiger partial charge in [0.05, 0.1) is 31.5 Å². The van der Waals surface area contributed by atoms with Crippen molar-refractivity contribution < 1.29 is 9.47 Å².